The molecule has 3 N–H and O–H groups in total. The number of hydrogen-bond acceptors (Lipinski definition) is 3. The Labute approximate surface area is 90.3 Å². The Balaban J connectivity index is 2.57. The Hall–Kier alpha value is -0.420. The van der Waals surface area contributed by atoms with Crippen molar-refractivity contribution in [1.82, 2.24) is 10.3 Å². The van der Waals surface area contributed by atoms with Crippen LogP contribution in [0.5, 0.6) is 0 Å². The third-order valence-corrected chi connectivity index (χ3v) is 3.08. The van der Waals surface area contributed by atoms with Gasteiger partial charge in [-0.05, 0) is 26.0 Å². The quantitative estimate of drug-likeness (QED) is 0.292. The van der Waals surface area contributed by atoms with Crippen LogP contribution in [0.4, 0.5) is 0 Å². The number of aliphatic imine (C=N–C) groups is 1. The van der Waals surface area contributed by atoms with Crippen LogP contribution < -0.4 is 11.3 Å². The summed E-state index contributed by atoms with van der Waals surface area (Å²) in [4.78, 5) is 6.69. The Kier molecular flexibility index (Phi) is 5.11. The van der Waals surface area contributed by atoms with Gasteiger partial charge in [0, 0.05) is 24.9 Å². The van der Waals surface area contributed by atoms with Crippen LogP contribution in [0.1, 0.15) is 20.3 Å². The second-order valence-corrected chi connectivity index (χ2v) is 4.87. The highest BCUT2D eigenvalue weighted by molar-refractivity contribution is 7.99. The lowest BCUT2D eigenvalue weighted by Gasteiger charge is -2.23. The molecule has 14 heavy (non-hydrogen) atoms. The number of nitrogens with two attached hydrogens (primary N) is 1. The van der Waals surface area contributed by atoms with Crippen molar-refractivity contribution in [3.8, 4) is 0 Å². The molecule has 0 saturated carbocycles. The number of guanidine groups is 1. The van der Waals surface area contributed by atoms with Gasteiger partial charge in [-0.3, -0.25) is 5.43 Å². The van der Waals surface area contributed by atoms with E-state index in [9.17, 15) is 0 Å². The molecule has 0 bridgehead atoms. The number of thioether (sulfide) groups is 1. The van der Waals surface area contributed by atoms with Gasteiger partial charge in [0.15, 0.2) is 0 Å². The summed E-state index contributed by atoms with van der Waals surface area (Å²) in [6, 6.07) is 0.289. The second-order valence-electron chi connectivity index (χ2n) is 3.64. The van der Waals surface area contributed by atoms with Gasteiger partial charge in [0.2, 0.25) is 5.96 Å². The lowest BCUT2D eigenvalue weighted by atomic mass is 10.4. The van der Waals surface area contributed by atoms with Crippen LogP contribution in [0, 0.1) is 0 Å². The van der Waals surface area contributed by atoms with Crippen molar-refractivity contribution in [3.63, 3.8) is 0 Å². The number of hydrazine groups is 1. The van der Waals surface area contributed by atoms with Gasteiger partial charge in [0.05, 0.1) is 0 Å². The smallest absolute Gasteiger partial charge is 0.208 e. The van der Waals surface area contributed by atoms with Crippen molar-refractivity contribution in [1.29, 1.82) is 0 Å². The van der Waals surface area contributed by atoms with E-state index in [1.807, 2.05) is 11.8 Å². The number of nitrogens with zero attached hydrogens (tertiary/aromatic N) is 2. The van der Waals surface area contributed by atoms with E-state index >= 15 is 0 Å². The maximum absolute atomic E-state index is 5.47. The first-order valence-corrected chi connectivity index (χ1v) is 6.26. The van der Waals surface area contributed by atoms with Crippen molar-refractivity contribution in [2.24, 2.45) is 10.8 Å². The van der Waals surface area contributed by atoms with E-state index in [0.29, 0.717) is 0 Å². The molecule has 0 aromatic heterocycles. The fourth-order valence-electron chi connectivity index (χ4n) is 1.41. The molecule has 0 amide bonds. The van der Waals surface area contributed by atoms with Gasteiger partial charge < -0.3 is 4.90 Å². The highest BCUT2D eigenvalue weighted by Gasteiger charge is 2.12. The lowest BCUT2D eigenvalue weighted by Crippen LogP contribution is -2.46. The molecule has 0 atom stereocenters. The van der Waals surface area contributed by atoms with Gasteiger partial charge in [-0.2, -0.15) is 11.8 Å². The van der Waals surface area contributed by atoms with Crippen molar-refractivity contribution in [3.05, 3.63) is 0 Å². The number of nitrogens with one attached hydrogen (secondary N) is 1. The van der Waals surface area contributed by atoms with E-state index in [-0.39, 0.29) is 6.04 Å². The zero-order valence-electron chi connectivity index (χ0n) is 8.99. The molecule has 82 valence electrons. The maximum atomic E-state index is 5.47. The molecule has 4 nitrogen and oxygen atoms in total. The van der Waals surface area contributed by atoms with E-state index in [1.54, 1.807) is 0 Å². The molecule has 0 radical (unpaired) electrons. The minimum atomic E-state index is 0.289. The van der Waals surface area contributed by atoms with Crippen molar-refractivity contribution in [2.45, 2.75) is 26.3 Å². The molecule has 5 heteroatoms. The Morgan fingerprint density at radius 3 is 2.86 bits per heavy atom. The molecule has 1 aliphatic rings. The van der Waals surface area contributed by atoms with Crippen LogP contribution in [0.25, 0.3) is 0 Å². The second kappa shape index (κ2) is 6.14. The largest absolute Gasteiger partial charge is 0.341 e. The van der Waals surface area contributed by atoms with Gasteiger partial charge in [-0.25, -0.2) is 10.8 Å². The highest BCUT2D eigenvalue weighted by atomic mass is 32.2. The zero-order valence-corrected chi connectivity index (χ0v) is 9.81. The first-order chi connectivity index (χ1) is 6.74. The molecule has 1 fully saturated rings. The average Bonchev–Trinajstić information content (AvgIpc) is 2.41. The molecule has 0 aromatic carbocycles. The molecule has 1 saturated heterocycles. The minimum absolute atomic E-state index is 0.289. The average molecular weight is 216 g/mol. The predicted molar refractivity (Wildman–Crippen MR) is 63.4 cm³/mol. The van der Waals surface area contributed by atoms with Crippen LogP contribution in [-0.4, -0.2) is 41.5 Å². The van der Waals surface area contributed by atoms with Crippen LogP contribution >= 0.6 is 11.8 Å². The molecular weight excluding hydrogens is 196 g/mol. The van der Waals surface area contributed by atoms with Crippen LogP contribution in [0.2, 0.25) is 0 Å². The van der Waals surface area contributed by atoms with Gasteiger partial charge >= 0.3 is 0 Å². The van der Waals surface area contributed by atoms with Crippen molar-refractivity contribution in [2.75, 3.05) is 24.6 Å². The monoisotopic (exact) mass is 216 g/mol. The van der Waals surface area contributed by atoms with Gasteiger partial charge in [0.25, 0.3) is 0 Å². The fourth-order valence-corrected chi connectivity index (χ4v) is 2.30. The molecular formula is C9H20N4S. The zero-order chi connectivity index (χ0) is 10.4. The SMILES string of the molecule is CC(C)N=C(NN)N1CCCSCC1. The van der Waals surface area contributed by atoms with Crippen molar-refractivity contribution >= 4 is 17.7 Å². The van der Waals surface area contributed by atoms with Crippen molar-refractivity contribution < 1.29 is 0 Å². The highest BCUT2D eigenvalue weighted by Crippen LogP contribution is 2.10. The molecule has 0 aromatic rings. The Morgan fingerprint density at radius 2 is 2.21 bits per heavy atom. The van der Waals surface area contributed by atoms with Gasteiger partial charge in [0.1, 0.15) is 0 Å². The van der Waals surface area contributed by atoms with E-state index < -0.39 is 0 Å². The summed E-state index contributed by atoms with van der Waals surface area (Å²) in [7, 11) is 0. The van der Waals surface area contributed by atoms with Crippen LogP contribution in [0.3, 0.4) is 0 Å². The van der Waals surface area contributed by atoms with E-state index in [1.165, 1.54) is 17.9 Å². The van der Waals surface area contributed by atoms with E-state index in [4.69, 9.17) is 5.84 Å². The van der Waals surface area contributed by atoms with E-state index in [0.717, 1.165) is 19.0 Å². The van der Waals surface area contributed by atoms with Crippen LogP contribution in [-0.2, 0) is 0 Å². The fraction of sp³-hybridized carbons (Fsp3) is 0.889. The number of rotatable bonds is 1. The summed E-state index contributed by atoms with van der Waals surface area (Å²) >= 11 is 2.00. The summed E-state index contributed by atoms with van der Waals surface area (Å²) in [6.45, 7) is 6.22. The van der Waals surface area contributed by atoms with E-state index in [2.05, 4.69) is 29.2 Å². The molecule has 1 heterocycles. The minimum Gasteiger partial charge on any atom is -0.341 e. The standard InChI is InChI=1S/C9H20N4S/c1-8(2)11-9(12-10)13-4-3-6-14-7-5-13/h8H,3-7,10H2,1-2H3,(H,11,12). The maximum Gasteiger partial charge on any atom is 0.208 e. The predicted octanol–water partition coefficient (Wildman–Crippen LogP) is 0.653. The third kappa shape index (κ3) is 3.75. The summed E-state index contributed by atoms with van der Waals surface area (Å²) in [6.07, 6.45) is 1.21. The first-order valence-electron chi connectivity index (χ1n) is 5.11. The molecule has 0 unspecified atom stereocenters. The molecule has 1 aliphatic heterocycles. The lowest BCUT2D eigenvalue weighted by molar-refractivity contribution is 0.430. The molecule has 0 spiro atoms. The molecule has 1 rings (SSSR count). The summed E-state index contributed by atoms with van der Waals surface area (Å²) in [5, 5.41) is 0. The Bertz CT molecular complexity index is 185. The van der Waals surface area contributed by atoms with Gasteiger partial charge in [-0.1, -0.05) is 0 Å². The topological polar surface area (TPSA) is 53.6 Å². The summed E-state index contributed by atoms with van der Waals surface area (Å²) in [5.74, 6) is 8.72. The summed E-state index contributed by atoms with van der Waals surface area (Å²) in [5.41, 5.74) is 2.70. The first kappa shape index (κ1) is 11.7. The third-order valence-electron chi connectivity index (χ3n) is 2.03. The van der Waals surface area contributed by atoms with Crippen LogP contribution in [0.15, 0.2) is 4.99 Å². The number of hydrogen-bond donors (Lipinski definition) is 2. The Morgan fingerprint density at radius 1 is 1.43 bits per heavy atom. The van der Waals surface area contributed by atoms with Gasteiger partial charge in [-0.15, -0.1) is 0 Å². The molecule has 0 aliphatic carbocycles. The normalized spacial score (nSPS) is 19.7. The summed E-state index contributed by atoms with van der Waals surface area (Å²) < 4.78 is 0.